The van der Waals surface area contributed by atoms with Crippen LogP contribution in [-0.2, 0) is 4.43 Å². The van der Waals surface area contributed by atoms with Gasteiger partial charge in [-0.15, -0.1) is 0 Å². The van der Waals surface area contributed by atoms with Gasteiger partial charge in [-0.05, 0) is 30.1 Å². The minimum atomic E-state index is -1.78. The number of aliphatic hydroxyl groups excluding tert-OH is 2. The van der Waals surface area contributed by atoms with Gasteiger partial charge in [-0.1, -0.05) is 51.1 Å². The van der Waals surface area contributed by atoms with Crippen LogP contribution in [-0.4, -0.2) is 31.2 Å². The van der Waals surface area contributed by atoms with Crippen LogP contribution >= 0.6 is 0 Å². The second-order valence-electron chi connectivity index (χ2n) is 6.82. The van der Waals surface area contributed by atoms with E-state index in [0.29, 0.717) is 13.0 Å². The summed E-state index contributed by atoms with van der Waals surface area (Å²) in [4.78, 5) is 0. The topological polar surface area (TPSA) is 49.7 Å². The van der Waals surface area contributed by atoms with E-state index in [0.717, 1.165) is 5.56 Å². The van der Waals surface area contributed by atoms with Gasteiger partial charge in [0.1, 0.15) is 6.10 Å². The molecule has 0 amide bonds. The molecule has 0 spiro atoms. The monoisotopic (exact) mass is 296 g/mol. The van der Waals surface area contributed by atoms with Gasteiger partial charge in [0.25, 0.3) is 0 Å². The van der Waals surface area contributed by atoms with Crippen LogP contribution in [0.5, 0.6) is 0 Å². The van der Waals surface area contributed by atoms with Gasteiger partial charge in [-0.2, -0.15) is 0 Å². The van der Waals surface area contributed by atoms with Crippen molar-refractivity contribution < 1.29 is 14.6 Å². The zero-order valence-electron chi connectivity index (χ0n) is 13.3. The quantitative estimate of drug-likeness (QED) is 0.790. The van der Waals surface area contributed by atoms with Crippen molar-refractivity contribution in [2.45, 2.75) is 57.5 Å². The van der Waals surface area contributed by atoms with E-state index in [2.05, 4.69) is 33.9 Å². The number of benzene rings is 1. The zero-order valence-corrected chi connectivity index (χ0v) is 14.3. The molecule has 20 heavy (non-hydrogen) atoms. The van der Waals surface area contributed by atoms with Crippen LogP contribution in [0.25, 0.3) is 0 Å². The average Bonchev–Trinajstić information content (AvgIpc) is 2.37. The Bertz CT molecular complexity index is 398. The largest absolute Gasteiger partial charge is 0.417 e. The van der Waals surface area contributed by atoms with Crippen molar-refractivity contribution in [1.82, 2.24) is 0 Å². The van der Waals surface area contributed by atoms with E-state index < -0.39 is 20.5 Å². The van der Waals surface area contributed by atoms with Crippen LogP contribution in [0.4, 0.5) is 0 Å². The molecule has 0 aliphatic heterocycles. The predicted molar refractivity (Wildman–Crippen MR) is 85.2 cm³/mol. The van der Waals surface area contributed by atoms with Crippen molar-refractivity contribution in [3.05, 3.63) is 35.9 Å². The van der Waals surface area contributed by atoms with Crippen LogP contribution in [0.1, 0.15) is 38.9 Å². The van der Waals surface area contributed by atoms with E-state index in [1.807, 2.05) is 30.3 Å². The van der Waals surface area contributed by atoms with Gasteiger partial charge >= 0.3 is 0 Å². The summed E-state index contributed by atoms with van der Waals surface area (Å²) in [6, 6.07) is 9.25. The molecule has 114 valence electrons. The molecule has 1 aromatic rings. The Kier molecular flexibility index (Phi) is 5.95. The van der Waals surface area contributed by atoms with Gasteiger partial charge < -0.3 is 14.6 Å². The summed E-state index contributed by atoms with van der Waals surface area (Å²) in [6.07, 6.45) is -1.19. The fraction of sp³-hybridized carbons (Fsp3) is 0.625. The highest BCUT2D eigenvalue weighted by molar-refractivity contribution is 6.74. The Morgan fingerprint density at radius 3 is 2.15 bits per heavy atom. The lowest BCUT2D eigenvalue weighted by molar-refractivity contribution is 0.00518. The lowest BCUT2D eigenvalue weighted by atomic mass is 10.0. The summed E-state index contributed by atoms with van der Waals surface area (Å²) in [5.41, 5.74) is 0.743. The maximum atomic E-state index is 10.1. The van der Waals surface area contributed by atoms with E-state index in [-0.39, 0.29) is 5.04 Å². The predicted octanol–water partition coefficient (Wildman–Crippen LogP) is 3.49. The molecule has 0 aliphatic carbocycles. The molecule has 0 heterocycles. The molecule has 2 N–H and O–H groups in total. The number of rotatable bonds is 6. The minimum absolute atomic E-state index is 0.163. The van der Waals surface area contributed by atoms with Crippen molar-refractivity contribution in [1.29, 1.82) is 0 Å². The second kappa shape index (κ2) is 6.85. The Hall–Kier alpha value is -0.683. The molecule has 0 aromatic heterocycles. The molecule has 0 saturated carbocycles. The molecular weight excluding hydrogens is 268 g/mol. The maximum absolute atomic E-state index is 10.1. The van der Waals surface area contributed by atoms with Gasteiger partial charge in [0, 0.05) is 6.61 Å². The molecule has 0 saturated heterocycles. The number of hydrogen-bond donors (Lipinski definition) is 2. The van der Waals surface area contributed by atoms with Crippen molar-refractivity contribution in [3.63, 3.8) is 0 Å². The molecule has 2 atom stereocenters. The van der Waals surface area contributed by atoms with Crippen molar-refractivity contribution >= 4 is 8.32 Å². The minimum Gasteiger partial charge on any atom is -0.417 e. The number of hydrogen-bond acceptors (Lipinski definition) is 3. The Balaban J connectivity index is 2.46. The molecule has 1 aromatic carbocycles. The molecule has 0 fully saturated rings. The lowest BCUT2D eigenvalue weighted by Crippen LogP contribution is -2.41. The summed E-state index contributed by atoms with van der Waals surface area (Å²) in [5, 5.41) is 20.3. The first kappa shape index (κ1) is 17.4. The van der Waals surface area contributed by atoms with Crippen LogP contribution in [0.15, 0.2) is 30.3 Å². The Labute approximate surface area is 123 Å². The van der Waals surface area contributed by atoms with Gasteiger partial charge in [0.15, 0.2) is 8.32 Å². The van der Waals surface area contributed by atoms with Crippen molar-refractivity contribution in [2.75, 3.05) is 6.61 Å². The van der Waals surface area contributed by atoms with E-state index in [1.165, 1.54) is 0 Å². The normalized spacial score (nSPS) is 15.9. The third-order valence-corrected chi connectivity index (χ3v) is 8.73. The first-order chi connectivity index (χ1) is 9.15. The molecule has 1 rings (SSSR count). The van der Waals surface area contributed by atoms with Gasteiger partial charge in [0.2, 0.25) is 0 Å². The molecule has 3 nitrogen and oxygen atoms in total. The highest BCUT2D eigenvalue weighted by Crippen LogP contribution is 2.36. The second-order valence-corrected chi connectivity index (χ2v) is 11.6. The summed E-state index contributed by atoms with van der Waals surface area (Å²) >= 11 is 0. The van der Waals surface area contributed by atoms with Gasteiger partial charge in [0.05, 0.1) is 6.10 Å². The fourth-order valence-electron chi connectivity index (χ4n) is 1.68. The molecule has 0 aliphatic rings. The van der Waals surface area contributed by atoms with Crippen LogP contribution in [0.2, 0.25) is 18.1 Å². The molecule has 0 radical (unpaired) electrons. The average molecular weight is 296 g/mol. The van der Waals surface area contributed by atoms with Crippen LogP contribution < -0.4 is 0 Å². The van der Waals surface area contributed by atoms with E-state index in [4.69, 9.17) is 4.43 Å². The Morgan fingerprint density at radius 1 is 1.10 bits per heavy atom. The molecule has 1 unspecified atom stereocenters. The smallest absolute Gasteiger partial charge is 0.191 e. The first-order valence-corrected chi connectivity index (χ1v) is 10.1. The third kappa shape index (κ3) is 4.70. The van der Waals surface area contributed by atoms with Crippen molar-refractivity contribution in [2.24, 2.45) is 0 Å². The third-order valence-electron chi connectivity index (χ3n) is 4.19. The summed E-state index contributed by atoms with van der Waals surface area (Å²) in [5.74, 6) is 0. The van der Waals surface area contributed by atoms with Gasteiger partial charge in [-0.25, -0.2) is 0 Å². The standard InChI is InChI=1S/C16H28O3Si/c1-16(2,3)20(4,5)19-12-11-14(17)15(18)13-9-7-6-8-10-13/h6-10,14-15,17-18H,11-12H2,1-5H3/t14-,15?/m1/s1. The molecular formula is C16H28O3Si. The zero-order chi connectivity index (χ0) is 15.4. The maximum Gasteiger partial charge on any atom is 0.191 e. The summed E-state index contributed by atoms with van der Waals surface area (Å²) < 4.78 is 6.02. The van der Waals surface area contributed by atoms with Crippen molar-refractivity contribution in [3.8, 4) is 0 Å². The number of aliphatic hydroxyl groups is 2. The summed E-state index contributed by atoms with van der Waals surface area (Å²) in [7, 11) is -1.78. The molecule has 0 bridgehead atoms. The lowest BCUT2D eigenvalue weighted by Gasteiger charge is -2.36. The summed E-state index contributed by atoms with van der Waals surface area (Å²) in [6.45, 7) is 11.4. The Morgan fingerprint density at radius 2 is 1.65 bits per heavy atom. The SMILES string of the molecule is CC(C)(C)[Si](C)(C)OCC[C@@H](O)C(O)c1ccccc1. The van der Waals surface area contributed by atoms with E-state index >= 15 is 0 Å². The fourth-order valence-corrected chi connectivity index (χ4v) is 2.74. The van der Waals surface area contributed by atoms with Crippen LogP contribution in [0, 0.1) is 0 Å². The van der Waals surface area contributed by atoms with E-state index in [1.54, 1.807) is 0 Å². The van der Waals surface area contributed by atoms with E-state index in [9.17, 15) is 10.2 Å². The highest BCUT2D eigenvalue weighted by Gasteiger charge is 2.37. The van der Waals surface area contributed by atoms with Crippen LogP contribution in [0.3, 0.4) is 0 Å². The molecule has 4 heteroatoms. The highest BCUT2D eigenvalue weighted by atomic mass is 28.4. The first-order valence-electron chi connectivity index (χ1n) is 7.20. The van der Waals surface area contributed by atoms with Gasteiger partial charge in [-0.3, -0.25) is 0 Å².